The number of hydrogen-bond donors (Lipinski definition) is 3. The minimum atomic E-state index is -0.691. The summed E-state index contributed by atoms with van der Waals surface area (Å²) < 4.78 is 0. The number of amides is 2. The maximum absolute atomic E-state index is 13.3. The van der Waals surface area contributed by atoms with Gasteiger partial charge in [0.15, 0.2) is 0 Å². The summed E-state index contributed by atoms with van der Waals surface area (Å²) in [6.45, 7) is 4.34. The minimum absolute atomic E-state index is 0.0619. The second-order valence-electron chi connectivity index (χ2n) is 9.57. The summed E-state index contributed by atoms with van der Waals surface area (Å²) in [6.07, 6.45) is 4.94. The molecule has 3 aliphatic carbocycles. The molecule has 2 unspecified atom stereocenters. The number of aliphatic hydroxyl groups is 1. The van der Waals surface area contributed by atoms with Crippen molar-refractivity contribution in [2.45, 2.75) is 76.5 Å². The van der Waals surface area contributed by atoms with Crippen LogP contribution >= 0.6 is 0 Å². The summed E-state index contributed by atoms with van der Waals surface area (Å²) in [4.78, 5) is 27.6. The summed E-state index contributed by atoms with van der Waals surface area (Å²) in [5.74, 6) is 0.209. The first-order valence-corrected chi connectivity index (χ1v) is 11.3. The maximum Gasteiger partial charge on any atom is 0.237 e. The van der Waals surface area contributed by atoms with Gasteiger partial charge in [0.2, 0.25) is 11.8 Å². The highest BCUT2D eigenvalue weighted by molar-refractivity contribution is 5.84. The number of rotatable bonds is 8. The van der Waals surface area contributed by atoms with Crippen molar-refractivity contribution in [3.63, 3.8) is 0 Å². The molecule has 3 atom stereocenters. The number of nitrogens with two attached hydrogens (primary N) is 1. The molecule has 0 saturated heterocycles. The summed E-state index contributed by atoms with van der Waals surface area (Å²) in [6, 6.07) is 8.97. The number of likely N-dealkylation sites (N-methyl/N-ethyl adjacent to an activating group) is 1. The Balaban J connectivity index is 1.58. The van der Waals surface area contributed by atoms with Crippen molar-refractivity contribution in [2.24, 2.45) is 17.1 Å². The molecular weight excluding hydrogens is 378 g/mol. The van der Waals surface area contributed by atoms with Gasteiger partial charge in [0.05, 0.1) is 18.7 Å². The quantitative estimate of drug-likeness (QED) is 0.608. The van der Waals surface area contributed by atoms with Gasteiger partial charge in [-0.1, -0.05) is 50.6 Å². The summed E-state index contributed by atoms with van der Waals surface area (Å²) >= 11 is 0. The van der Waals surface area contributed by atoms with E-state index in [1.54, 1.807) is 11.9 Å². The van der Waals surface area contributed by atoms with E-state index < -0.39 is 12.1 Å². The number of hydrogen-bond acceptors (Lipinski definition) is 4. The molecule has 0 aromatic heterocycles. The van der Waals surface area contributed by atoms with Crippen LogP contribution in [0.4, 0.5) is 0 Å². The average molecular weight is 416 g/mol. The van der Waals surface area contributed by atoms with Crippen LogP contribution in [0, 0.1) is 11.3 Å². The van der Waals surface area contributed by atoms with Crippen molar-refractivity contribution in [1.82, 2.24) is 10.2 Å². The van der Waals surface area contributed by atoms with Crippen molar-refractivity contribution in [2.75, 3.05) is 13.6 Å². The zero-order valence-electron chi connectivity index (χ0n) is 18.6. The maximum atomic E-state index is 13.3. The molecule has 0 heterocycles. The highest BCUT2D eigenvalue weighted by atomic mass is 16.3. The lowest BCUT2D eigenvalue weighted by Gasteiger charge is -2.53. The Bertz CT molecular complexity index is 727. The average Bonchev–Trinajstić information content (AvgIpc) is 2.78. The van der Waals surface area contributed by atoms with Crippen molar-refractivity contribution >= 4 is 11.8 Å². The van der Waals surface area contributed by atoms with Gasteiger partial charge in [-0.15, -0.1) is 0 Å². The first-order chi connectivity index (χ1) is 14.2. The van der Waals surface area contributed by atoms with E-state index in [0.29, 0.717) is 0 Å². The molecule has 1 aromatic rings. The standard InChI is InChI=1S/C24H37N3O3/c1-4-17(2)20(25)21(29)26-24-13-10-23(11-14-24,12-15-24)22(30)27(3)16-19(28)18-8-6-5-7-9-18/h5-9,17,19-20,28H,4,10-16,25H2,1-3H3,(H,26,29)/t17-,19?,20?,23?,24?/m1/s1. The largest absolute Gasteiger partial charge is 0.387 e. The molecule has 2 bridgehead atoms. The van der Waals surface area contributed by atoms with E-state index in [1.807, 2.05) is 44.2 Å². The van der Waals surface area contributed by atoms with Gasteiger partial charge in [0.25, 0.3) is 0 Å². The van der Waals surface area contributed by atoms with Crippen LogP contribution in [-0.2, 0) is 9.59 Å². The first-order valence-electron chi connectivity index (χ1n) is 11.3. The van der Waals surface area contributed by atoms with Gasteiger partial charge in [-0.2, -0.15) is 0 Å². The molecule has 6 nitrogen and oxygen atoms in total. The molecular formula is C24H37N3O3. The molecule has 0 radical (unpaired) electrons. The summed E-state index contributed by atoms with van der Waals surface area (Å²) in [5.41, 5.74) is 6.37. The predicted molar refractivity (Wildman–Crippen MR) is 117 cm³/mol. The highest BCUT2D eigenvalue weighted by Gasteiger charge is 2.53. The molecule has 3 saturated carbocycles. The van der Waals surface area contributed by atoms with Crippen LogP contribution in [0.2, 0.25) is 0 Å². The third kappa shape index (κ3) is 4.54. The van der Waals surface area contributed by atoms with Crippen LogP contribution in [0.25, 0.3) is 0 Å². The third-order valence-electron chi connectivity index (χ3n) is 7.63. The van der Waals surface area contributed by atoms with E-state index in [1.165, 1.54) is 0 Å². The van der Waals surface area contributed by atoms with Gasteiger partial charge < -0.3 is 21.1 Å². The van der Waals surface area contributed by atoms with E-state index in [0.717, 1.165) is 50.5 Å². The van der Waals surface area contributed by atoms with Crippen molar-refractivity contribution in [3.05, 3.63) is 35.9 Å². The summed E-state index contributed by atoms with van der Waals surface area (Å²) in [5, 5.41) is 13.8. The van der Waals surface area contributed by atoms with Crippen LogP contribution in [0.5, 0.6) is 0 Å². The minimum Gasteiger partial charge on any atom is -0.387 e. The number of fused-ring (bicyclic) bond motifs is 3. The van der Waals surface area contributed by atoms with Gasteiger partial charge in [0.1, 0.15) is 0 Å². The lowest BCUT2D eigenvalue weighted by molar-refractivity contribution is -0.150. The second kappa shape index (κ2) is 9.06. The van der Waals surface area contributed by atoms with Gasteiger partial charge in [0, 0.05) is 18.0 Å². The normalized spacial score (nSPS) is 28.4. The van der Waals surface area contributed by atoms with Gasteiger partial charge in [-0.05, 0) is 50.0 Å². The van der Waals surface area contributed by atoms with Gasteiger partial charge >= 0.3 is 0 Å². The Morgan fingerprint density at radius 1 is 1.13 bits per heavy atom. The number of carbonyl (C=O) groups excluding carboxylic acids is 2. The van der Waals surface area contributed by atoms with Crippen LogP contribution in [0.3, 0.4) is 0 Å². The zero-order chi connectivity index (χ0) is 21.9. The fourth-order valence-electron chi connectivity index (χ4n) is 5.08. The fourth-order valence-corrected chi connectivity index (χ4v) is 5.08. The molecule has 0 aliphatic heterocycles. The van der Waals surface area contributed by atoms with Gasteiger partial charge in [-0.25, -0.2) is 0 Å². The van der Waals surface area contributed by atoms with Crippen molar-refractivity contribution in [1.29, 1.82) is 0 Å². The molecule has 3 aliphatic rings. The molecule has 3 fully saturated rings. The second-order valence-corrected chi connectivity index (χ2v) is 9.57. The zero-order valence-corrected chi connectivity index (χ0v) is 18.6. The molecule has 6 heteroatoms. The Kier molecular flexibility index (Phi) is 6.88. The van der Waals surface area contributed by atoms with E-state index >= 15 is 0 Å². The number of nitrogens with one attached hydrogen (secondary N) is 1. The predicted octanol–water partition coefficient (Wildman–Crippen LogP) is 2.76. The van der Waals surface area contributed by atoms with E-state index in [9.17, 15) is 14.7 Å². The number of aliphatic hydroxyl groups excluding tert-OH is 1. The smallest absolute Gasteiger partial charge is 0.237 e. The Labute approximate surface area is 180 Å². The molecule has 0 spiro atoms. The van der Waals surface area contributed by atoms with Crippen molar-refractivity contribution in [3.8, 4) is 0 Å². The number of benzene rings is 1. The first kappa shape index (κ1) is 22.8. The molecule has 4 rings (SSSR count). The molecule has 2 amide bonds. The van der Waals surface area contributed by atoms with Crippen LogP contribution in [-0.4, -0.2) is 47.0 Å². The molecule has 166 valence electrons. The SMILES string of the molecule is CC[C@@H](C)C(N)C(=O)NC12CCC(C(=O)N(C)CC(O)c3ccccc3)(CC1)CC2. The lowest BCUT2D eigenvalue weighted by atomic mass is 9.56. The van der Waals surface area contributed by atoms with E-state index in [-0.39, 0.29) is 35.2 Å². The number of carbonyl (C=O) groups is 2. The van der Waals surface area contributed by atoms with Crippen LogP contribution < -0.4 is 11.1 Å². The Morgan fingerprint density at radius 2 is 1.70 bits per heavy atom. The third-order valence-corrected chi connectivity index (χ3v) is 7.63. The molecule has 4 N–H and O–H groups in total. The molecule has 30 heavy (non-hydrogen) atoms. The summed E-state index contributed by atoms with van der Waals surface area (Å²) in [7, 11) is 1.78. The van der Waals surface area contributed by atoms with Gasteiger partial charge in [-0.3, -0.25) is 9.59 Å². The fraction of sp³-hybridized carbons (Fsp3) is 0.667. The monoisotopic (exact) mass is 415 g/mol. The lowest BCUT2D eigenvalue weighted by Crippen LogP contribution is -2.62. The van der Waals surface area contributed by atoms with E-state index in [4.69, 9.17) is 5.73 Å². The van der Waals surface area contributed by atoms with Crippen LogP contribution in [0.1, 0.15) is 70.5 Å². The highest BCUT2D eigenvalue weighted by Crippen LogP contribution is 2.53. The topological polar surface area (TPSA) is 95.7 Å². The van der Waals surface area contributed by atoms with Crippen molar-refractivity contribution < 1.29 is 14.7 Å². The Hall–Kier alpha value is -1.92. The van der Waals surface area contributed by atoms with Crippen LogP contribution in [0.15, 0.2) is 30.3 Å². The Morgan fingerprint density at radius 3 is 2.23 bits per heavy atom. The molecule has 1 aromatic carbocycles. The van der Waals surface area contributed by atoms with E-state index in [2.05, 4.69) is 5.32 Å². The number of nitrogens with zero attached hydrogens (tertiary/aromatic N) is 1.